The summed E-state index contributed by atoms with van der Waals surface area (Å²) in [5.74, 6) is -3.77. The van der Waals surface area contributed by atoms with Crippen molar-refractivity contribution in [3.8, 4) is 0 Å². The van der Waals surface area contributed by atoms with Crippen LogP contribution in [-0.4, -0.2) is 78.0 Å². The number of hydrogen-bond acceptors (Lipinski definition) is 7. The molecule has 15 nitrogen and oxygen atoms in total. The monoisotopic (exact) mass is 556 g/mol. The highest BCUT2D eigenvalue weighted by Gasteiger charge is 2.33. The quantitative estimate of drug-likeness (QED) is 0.0481. The summed E-state index contributed by atoms with van der Waals surface area (Å²) in [7, 11) is 0. The first-order chi connectivity index (χ1) is 18.2. The Bertz CT molecular complexity index is 858. The molecule has 0 heterocycles. The second kappa shape index (κ2) is 18.6. The Morgan fingerprint density at radius 1 is 0.718 bits per heavy atom. The molecule has 0 radical (unpaired) electrons. The third-order valence-electron chi connectivity index (χ3n) is 6.45. The molecule has 0 bridgehead atoms. The normalized spacial score (nSPS) is 15.4. The van der Waals surface area contributed by atoms with Crippen LogP contribution in [0.4, 0.5) is 0 Å². The van der Waals surface area contributed by atoms with Crippen molar-refractivity contribution >= 4 is 35.6 Å². The maximum Gasteiger partial charge on any atom is 0.326 e. The van der Waals surface area contributed by atoms with Crippen molar-refractivity contribution < 1.29 is 24.3 Å². The summed E-state index contributed by atoms with van der Waals surface area (Å²) in [6.07, 6.45) is 2.29. The molecule has 0 aromatic rings. The largest absolute Gasteiger partial charge is 0.480 e. The highest BCUT2D eigenvalue weighted by atomic mass is 16.4. The number of nitrogens with two attached hydrogens (primary N) is 5. The molecule has 6 atom stereocenters. The van der Waals surface area contributed by atoms with Crippen molar-refractivity contribution in [2.24, 2.45) is 50.5 Å². The van der Waals surface area contributed by atoms with Crippen LogP contribution in [0, 0.1) is 11.8 Å². The number of nitrogens with one attached hydrogen (secondary N) is 3. The van der Waals surface area contributed by atoms with Gasteiger partial charge in [0.25, 0.3) is 0 Å². The minimum atomic E-state index is -1.18. The van der Waals surface area contributed by atoms with E-state index in [9.17, 15) is 24.3 Å². The van der Waals surface area contributed by atoms with Crippen LogP contribution >= 0.6 is 0 Å². The minimum absolute atomic E-state index is 0.0581. The van der Waals surface area contributed by atoms with Gasteiger partial charge in [-0.2, -0.15) is 0 Å². The van der Waals surface area contributed by atoms with E-state index < -0.39 is 47.9 Å². The lowest BCUT2D eigenvalue weighted by atomic mass is 9.96. The van der Waals surface area contributed by atoms with Crippen LogP contribution in [0.25, 0.3) is 0 Å². The number of carbonyl (C=O) groups excluding carboxylic acids is 3. The number of aliphatic imine (C=N–C) groups is 2. The second-order valence-corrected chi connectivity index (χ2v) is 9.65. The minimum Gasteiger partial charge on any atom is -0.480 e. The van der Waals surface area contributed by atoms with Crippen molar-refractivity contribution in [1.29, 1.82) is 0 Å². The zero-order valence-electron chi connectivity index (χ0n) is 23.5. The molecule has 224 valence electrons. The molecule has 6 unspecified atom stereocenters. The van der Waals surface area contributed by atoms with Crippen LogP contribution in [-0.2, 0) is 19.2 Å². The van der Waals surface area contributed by atoms with E-state index in [4.69, 9.17) is 28.7 Å². The smallest absolute Gasteiger partial charge is 0.326 e. The fourth-order valence-electron chi connectivity index (χ4n) is 3.58. The summed E-state index contributed by atoms with van der Waals surface area (Å²) in [6, 6.07) is -4.11. The van der Waals surface area contributed by atoms with Gasteiger partial charge < -0.3 is 49.7 Å². The Labute approximate surface area is 230 Å². The molecule has 0 aliphatic carbocycles. The fourth-order valence-corrected chi connectivity index (χ4v) is 3.58. The van der Waals surface area contributed by atoms with Crippen LogP contribution in [0.15, 0.2) is 9.98 Å². The van der Waals surface area contributed by atoms with E-state index in [1.807, 2.05) is 13.8 Å². The number of nitrogens with zero attached hydrogens (tertiary/aromatic N) is 2. The van der Waals surface area contributed by atoms with Crippen molar-refractivity contribution in [1.82, 2.24) is 16.0 Å². The Morgan fingerprint density at radius 3 is 1.64 bits per heavy atom. The first-order valence-electron chi connectivity index (χ1n) is 13.2. The molecular weight excluding hydrogens is 508 g/mol. The molecule has 0 aromatic carbocycles. The molecule has 0 spiro atoms. The van der Waals surface area contributed by atoms with Gasteiger partial charge >= 0.3 is 5.97 Å². The lowest BCUT2D eigenvalue weighted by Crippen LogP contribution is -2.59. The van der Waals surface area contributed by atoms with E-state index in [-0.39, 0.29) is 36.7 Å². The van der Waals surface area contributed by atoms with Gasteiger partial charge in [-0.1, -0.05) is 40.5 Å². The van der Waals surface area contributed by atoms with Crippen LogP contribution in [0.3, 0.4) is 0 Å². The van der Waals surface area contributed by atoms with Crippen LogP contribution in [0.5, 0.6) is 0 Å². The number of carboxylic acid groups (broad SMARTS) is 1. The Kier molecular flexibility index (Phi) is 16.9. The van der Waals surface area contributed by atoms with Crippen LogP contribution in [0.1, 0.15) is 66.2 Å². The van der Waals surface area contributed by atoms with E-state index in [0.29, 0.717) is 38.6 Å². The summed E-state index contributed by atoms with van der Waals surface area (Å²) in [5.41, 5.74) is 27.3. The number of carbonyl (C=O) groups is 4. The Balaban J connectivity index is 5.64. The summed E-state index contributed by atoms with van der Waals surface area (Å²) < 4.78 is 0. The Hall–Kier alpha value is -3.62. The van der Waals surface area contributed by atoms with E-state index in [2.05, 4.69) is 25.9 Å². The number of guanidine groups is 2. The van der Waals surface area contributed by atoms with E-state index in [0.717, 1.165) is 0 Å². The van der Waals surface area contributed by atoms with Gasteiger partial charge in [0.05, 0.1) is 6.04 Å². The molecule has 0 rings (SSSR count). The van der Waals surface area contributed by atoms with Gasteiger partial charge in [0.2, 0.25) is 17.7 Å². The summed E-state index contributed by atoms with van der Waals surface area (Å²) in [4.78, 5) is 58.7. The van der Waals surface area contributed by atoms with E-state index >= 15 is 0 Å². The summed E-state index contributed by atoms with van der Waals surface area (Å²) in [5, 5.41) is 17.5. The molecule has 3 amide bonds. The molecule has 0 aliphatic rings. The third kappa shape index (κ3) is 14.2. The molecule has 15 heteroatoms. The average Bonchev–Trinajstić information content (AvgIpc) is 2.87. The maximum atomic E-state index is 13.3. The molecule has 14 N–H and O–H groups in total. The maximum absolute atomic E-state index is 13.3. The standard InChI is InChI=1S/C24H48N10O5/c1-5-13(3)17(33-19(35)15(25)9-7-11-30-23(26)27)21(37)32-16(10-8-12-31-24(28)29)20(36)34-18(22(38)39)14(4)6-2/h13-18H,5-12,25H2,1-4H3,(H,32,37)(H,33,35)(H,34,36)(H,38,39)(H4,26,27,30)(H4,28,29,31). The van der Waals surface area contributed by atoms with Crippen LogP contribution < -0.4 is 44.6 Å². The lowest BCUT2D eigenvalue weighted by Gasteiger charge is -2.28. The molecule has 0 aromatic heterocycles. The topological polar surface area (TPSA) is 279 Å². The lowest BCUT2D eigenvalue weighted by molar-refractivity contribution is -0.144. The molecule has 0 saturated carbocycles. The van der Waals surface area contributed by atoms with Crippen molar-refractivity contribution in [2.45, 2.75) is 90.4 Å². The van der Waals surface area contributed by atoms with Crippen molar-refractivity contribution in [3.63, 3.8) is 0 Å². The number of carboxylic acids is 1. The van der Waals surface area contributed by atoms with Crippen molar-refractivity contribution in [2.75, 3.05) is 13.1 Å². The second-order valence-electron chi connectivity index (χ2n) is 9.65. The van der Waals surface area contributed by atoms with Crippen molar-refractivity contribution in [3.05, 3.63) is 0 Å². The predicted molar refractivity (Wildman–Crippen MR) is 150 cm³/mol. The zero-order chi connectivity index (χ0) is 30.1. The molecule has 39 heavy (non-hydrogen) atoms. The van der Waals surface area contributed by atoms with Gasteiger partial charge in [-0.15, -0.1) is 0 Å². The number of hydrogen-bond donors (Lipinski definition) is 9. The van der Waals surface area contributed by atoms with E-state index in [1.54, 1.807) is 13.8 Å². The predicted octanol–water partition coefficient (Wildman–Crippen LogP) is -1.95. The van der Waals surface area contributed by atoms with Gasteiger partial charge in [-0.25, -0.2) is 4.79 Å². The number of aliphatic carboxylic acids is 1. The summed E-state index contributed by atoms with van der Waals surface area (Å²) >= 11 is 0. The average molecular weight is 557 g/mol. The molecule has 0 saturated heterocycles. The fraction of sp³-hybridized carbons (Fsp3) is 0.750. The van der Waals surface area contributed by atoms with Gasteiger partial charge in [0.1, 0.15) is 18.1 Å². The first kappa shape index (κ1) is 35.4. The molecule has 0 aliphatic heterocycles. The number of amides is 3. The molecule has 0 fully saturated rings. The first-order valence-corrected chi connectivity index (χ1v) is 13.2. The Morgan fingerprint density at radius 2 is 1.18 bits per heavy atom. The molecular formula is C24H48N10O5. The summed E-state index contributed by atoms with van der Waals surface area (Å²) in [6.45, 7) is 7.67. The highest BCUT2D eigenvalue weighted by molar-refractivity contribution is 5.94. The van der Waals surface area contributed by atoms with E-state index in [1.165, 1.54) is 0 Å². The van der Waals surface area contributed by atoms with Gasteiger partial charge in [-0.3, -0.25) is 24.4 Å². The van der Waals surface area contributed by atoms with Crippen LogP contribution in [0.2, 0.25) is 0 Å². The SMILES string of the molecule is CCC(C)C(NC(=O)C(CCCN=C(N)N)NC(=O)C(NC(=O)C(N)CCCN=C(N)N)C(C)CC)C(=O)O. The van der Waals surface area contributed by atoms with Gasteiger partial charge in [-0.05, 0) is 37.5 Å². The third-order valence-corrected chi connectivity index (χ3v) is 6.45. The highest BCUT2D eigenvalue weighted by Crippen LogP contribution is 2.12. The van der Waals surface area contributed by atoms with Gasteiger partial charge in [0, 0.05) is 13.1 Å². The van der Waals surface area contributed by atoms with Gasteiger partial charge in [0.15, 0.2) is 11.9 Å². The zero-order valence-corrected chi connectivity index (χ0v) is 23.5. The number of rotatable bonds is 19.